The number of hydrogen-bond acceptors (Lipinski definition) is 3. The molecule has 0 bridgehead atoms. The van der Waals surface area contributed by atoms with Crippen LogP contribution in [0.1, 0.15) is 20.8 Å². The predicted molar refractivity (Wildman–Crippen MR) is 53.6 cm³/mol. The number of carbonyl (C=O) groups excluding carboxylic acids is 1. The highest BCUT2D eigenvalue weighted by molar-refractivity contribution is 5.85. The van der Waals surface area contributed by atoms with Crippen molar-refractivity contribution in [3.63, 3.8) is 0 Å². The molecule has 1 aliphatic rings. The highest BCUT2D eigenvalue weighted by Crippen LogP contribution is 2.32. The summed E-state index contributed by atoms with van der Waals surface area (Å²) in [6.45, 7) is 9.95. The first kappa shape index (κ1) is 10.8. The third-order valence-electron chi connectivity index (χ3n) is 1.91. The number of cyclic esters (lactones) is 1. The van der Waals surface area contributed by atoms with Crippen LogP contribution in [0.15, 0.2) is 24.5 Å². The van der Waals surface area contributed by atoms with Gasteiger partial charge in [0.2, 0.25) is 0 Å². The molecule has 0 saturated carbocycles. The Bertz CT molecular complexity index is 271. The van der Waals surface area contributed by atoms with Crippen molar-refractivity contribution < 1.29 is 14.3 Å². The maximum Gasteiger partial charge on any atom is 0.335 e. The zero-order valence-electron chi connectivity index (χ0n) is 8.87. The highest BCUT2D eigenvalue weighted by Gasteiger charge is 2.37. The summed E-state index contributed by atoms with van der Waals surface area (Å²) in [6, 6.07) is 0. The quantitative estimate of drug-likeness (QED) is 0.512. The van der Waals surface area contributed by atoms with Crippen LogP contribution in [0.2, 0.25) is 0 Å². The Morgan fingerprint density at radius 1 is 1.64 bits per heavy atom. The van der Waals surface area contributed by atoms with Crippen molar-refractivity contribution in [1.82, 2.24) is 0 Å². The molecule has 1 heterocycles. The van der Waals surface area contributed by atoms with Gasteiger partial charge in [0.05, 0.1) is 6.08 Å². The molecular weight excluding hydrogens is 180 g/mol. The largest absolute Gasteiger partial charge is 0.490 e. The van der Waals surface area contributed by atoms with Crippen LogP contribution < -0.4 is 0 Å². The van der Waals surface area contributed by atoms with E-state index in [0.29, 0.717) is 12.4 Å². The fourth-order valence-electron chi connectivity index (χ4n) is 1.28. The van der Waals surface area contributed by atoms with E-state index in [1.165, 1.54) is 6.08 Å². The van der Waals surface area contributed by atoms with Gasteiger partial charge in [-0.2, -0.15) is 0 Å². The molecule has 0 spiro atoms. The third-order valence-corrected chi connectivity index (χ3v) is 1.91. The van der Waals surface area contributed by atoms with Crippen molar-refractivity contribution in [2.45, 2.75) is 26.9 Å². The van der Waals surface area contributed by atoms with Gasteiger partial charge >= 0.3 is 5.97 Å². The van der Waals surface area contributed by atoms with Crippen LogP contribution >= 0.6 is 0 Å². The second kappa shape index (κ2) is 3.86. The summed E-state index contributed by atoms with van der Waals surface area (Å²) < 4.78 is 10.5. The number of rotatable bonds is 3. The van der Waals surface area contributed by atoms with E-state index in [1.807, 2.05) is 20.8 Å². The molecule has 0 N–H and O–H groups in total. The fourth-order valence-corrected chi connectivity index (χ4v) is 1.28. The Morgan fingerprint density at radius 2 is 2.29 bits per heavy atom. The van der Waals surface area contributed by atoms with Crippen LogP contribution in [0, 0.1) is 5.41 Å². The summed E-state index contributed by atoms with van der Waals surface area (Å²) in [5.41, 5.74) is -0.140. The number of hydrogen-bond donors (Lipinski definition) is 0. The zero-order chi connectivity index (χ0) is 10.8. The number of carbonyl (C=O) groups is 1. The molecule has 1 atom stereocenters. The second-order valence-electron chi connectivity index (χ2n) is 4.33. The first-order valence-corrected chi connectivity index (χ1v) is 4.61. The van der Waals surface area contributed by atoms with E-state index in [1.54, 1.807) is 6.08 Å². The van der Waals surface area contributed by atoms with Crippen LogP contribution in [0.5, 0.6) is 0 Å². The minimum absolute atomic E-state index is 0.140. The number of ether oxygens (including phenoxy) is 2. The SMILES string of the molecule is C=CCOC1=CC(=O)O[C@H]1C(C)(C)C. The van der Waals surface area contributed by atoms with E-state index in [0.717, 1.165) is 0 Å². The molecule has 3 nitrogen and oxygen atoms in total. The van der Waals surface area contributed by atoms with Crippen molar-refractivity contribution in [2.75, 3.05) is 6.61 Å². The van der Waals surface area contributed by atoms with Crippen LogP contribution in [0.25, 0.3) is 0 Å². The number of esters is 1. The Morgan fingerprint density at radius 3 is 2.79 bits per heavy atom. The molecule has 0 unspecified atom stereocenters. The van der Waals surface area contributed by atoms with E-state index >= 15 is 0 Å². The molecule has 0 aromatic heterocycles. The van der Waals surface area contributed by atoms with Gasteiger partial charge in [-0.3, -0.25) is 0 Å². The average molecular weight is 196 g/mol. The molecule has 0 amide bonds. The second-order valence-corrected chi connectivity index (χ2v) is 4.33. The summed E-state index contributed by atoms with van der Waals surface area (Å²) in [6.07, 6.45) is 2.76. The Labute approximate surface area is 84.4 Å². The van der Waals surface area contributed by atoms with Gasteiger partial charge in [0.25, 0.3) is 0 Å². The summed E-state index contributed by atoms with van der Waals surface area (Å²) in [5.74, 6) is 0.270. The van der Waals surface area contributed by atoms with Gasteiger partial charge < -0.3 is 9.47 Å². The van der Waals surface area contributed by atoms with E-state index in [2.05, 4.69) is 6.58 Å². The maximum absolute atomic E-state index is 11.1. The maximum atomic E-state index is 11.1. The predicted octanol–water partition coefficient (Wildman–Crippen LogP) is 2.04. The summed E-state index contributed by atoms with van der Waals surface area (Å²) in [7, 11) is 0. The van der Waals surface area contributed by atoms with E-state index < -0.39 is 0 Å². The smallest absolute Gasteiger partial charge is 0.335 e. The minimum Gasteiger partial charge on any atom is -0.490 e. The van der Waals surface area contributed by atoms with Crippen molar-refractivity contribution in [2.24, 2.45) is 5.41 Å². The lowest BCUT2D eigenvalue weighted by molar-refractivity contribution is -0.143. The first-order valence-electron chi connectivity index (χ1n) is 4.61. The molecule has 78 valence electrons. The van der Waals surface area contributed by atoms with E-state index in [-0.39, 0.29) is 17.5 Å². The molecule has 0 aromatic carbocycles. The zero-order valence-corrected chi connectivity index (χ0v) is 8.87. The van der Waals surface area contributed by atoms with Gasteiger partial charge in [0, 0.05) is 5.41 Å². The first-order chi connectivity index (χ1) is 6.45. The van der Waals surface area contributed by atoms with Gasteiger partial charge in [-0.15, -0.1) is 0 Å². The molecule has 0 fully saturated rings. The van der Waals surface area contributed by atoms with E-state index in [4.69, 9.17) is 9.47 Å². The Hall–Kier alpha value is -1.25. The van der Waals surface area contributed by atoms with Gasteiger partial charge in [-0.25, -0.2) is 4.79 Å². The molecule has 0 aromatic rings. The molecule has 0 aliphatic carbocycles. The standard InChI is InChI=1S/C11H16O3/c1-5-6-13-8-7-9(12)14-10(8)11(2,3)4/h5,7,10H,1,6H2,2-4H3/t10-/m1/s1. The molecular formula is C11H16O3. The monoisotopic (exact) mass is 196 g/mol. The summed E-state index contributed by atoms with van der Waals surface area (Å²) in [5, 5.41) is 0. The normalized spacial score (nSPS) is 21.5. The van der Waals surface area contributed by atoms with Gasteiger partial charge in [-0.1, -0.05) is 33.4 Å². The van der Waals surface area contributed by atoms with Crippen molar-refractivity contribution >= 4 is 5.97 Å². The fraction of sp³-hybridized carbons (Fsp3) is 0.545. The molecule has 1 aliphatic heterocycles. The van der Waals surface area contributed by atoms with Crippen molar-refractivity contribution in [3.05, 3.63) is 24.5 Å². The molecule has 14 heavy (non-hydrogen) atoms. The lowest BCUT2D eigenvalue weighted by Gasteiger charge is -2.27. The van der Waals surface area contributed by atoms with Crippen LogP contribution in [0.3, 0.4) is 0 Å². The molecule has 3 heteroatoms. The Kier molecular flexibility index (Phi) is 2.99. The van der Waals surface area contributed by atoms with Gasteiger partial charge in [-0.05, 0) is 0 Å². The van der Waals surface area contributed by atoms with Crippen LogP contribution in [-0.2, 0) is 14.3 Å². The van der Waals surface area contributed by atoms with Crippen LogP contribution in [-0.4, -0.2) is 18.7 Å². The lowest BCUT2D eigenvalue weighted by Crippen LogP contribution is -2.29. The minimum atomic E-state index is -0.330. The van der Waals surface area contributed by atoms with Crippen molar-refractivity contribution in [1.29, 1.82) is 0 Å². The summed E-state index contributed by atoms with van der Waals surface area (Å²) >= 11 is 0. The molecule has 1 rings (SSSR count). The third kappa shape index (κ3) is 2.37. The average Bonchev–Trinajstić information content (AvgIpc) is 2.42. The lowest BCUT2D eigenvalue weighted by atomic mass is 9.88. The van der Waals surface area contributed by atoms with Crippen molar-refractivity contribution in [3.8, 4) is 0 Å². The summed E-state index contributed by atoms with van der Waals surface area (Å²) in [4.78, 5) is 11.1. The van der Waals surface area contributed by atoms with Gasteiger partial charge in [0.15, 0.2) is 6.10 Å². The Balaban J connectivity index is 2.73. The molecule has 0 radical (unpaired) electrons. The van der Waals surface area contributed by atoms with Crippen LogP contribution in [0.4, 0.5) is 0 Å². The van der Waals surface area contributed by atoms with Gasteiger partial charge in [0.1, 0.15) is 12.4 Å². The molecule has 0 saturated heterocycles. The van der Waals surface area contributed by atoms with E-state index in [9.17, 15) is 4.79 Å². The highest BCUT2D eigenvalue weighted by atomic mass is 16.6. The topological polar surface area (TPSA) is 35.5 Å².